The van der Waals surface area contributed by atoms with Crippen LogP contribution in [-0.4, -0.2) is 13.0 Å². The lowest BCUT2D eigenvalue weighted by Crippen LogP contribution is -1.79. The Labute approximate surface area is 55.7 Å². The molecule has 0 aliphatic carbocycles. The standard InChI is InChI=1S/C7H7BO/c8-5-6-1-3-7(9)4-2-6/h1-4,9H,5H2. The maximum absolute atomic E-state index is 8.81. The SMILES string of the molecule is [B]Cc1ccc(O)cc1. The molecule has 1 aromatic rings. The zero-order valence-electron chi connectivity index (χ0n) is 5.04. The summed E-state index contributed by atoms with van der Waals surface area (Å²) in [5.41, 5.74) is 1.04. The van der Waals surface area contributed by atoms with Gasteiger partial charge in [-0.05, 0) is 12.1 Å². The summed E-state index contributed by atoms with van der Waals surface area (Å²) in [5, 5.41) is 8.81. The molecule has 0 atom stereocenters. The molecule has 2 heteroatoms. The first kappa shape index (κ1) is 6.21. The Hall–Kier alpha value is -0.915. The highest BCUT2D eigenvalue weighted by molar-refractivity contribution is 6.08. The number of aromatic hydroxyl groups is 1. The summed E-state index contributed by atoms with van der Waals surface area (Å²) < 4.78 is 0. The van der Waals surface area contributed by atoms with Crippen LogP contribution in [0.4, 0.5) is 0 Å². The Bertz CT molecular complexity index is 181. The second-order valence-electron chi connectivity index (χ2n) is 1.87. The predicted octanol–water partition coefficient (Wildman–Crippen LogP) is 1.06. The lowest BCUT2D eigenvalue weighted by molar-refractivity contribution is 0.475. The van der Waals surface area contributed by atoms with Gasteiger partial charge in [-0.2, -0.15) is 0 Å². The van der Waals surface area contributed by atoms with Gasteiger partial charge in [-0.15, -0.1) is 0 Å². The highest BCUT2D eigenvalue weighted by Crippen LogP contribution is 2.08. The first-order valence-corrected chi connectivity index (χ1v) is 2.81. The van der Waals surface area contributed by atoms with Crippen LogP contribution < -0.4 is 0 Å². The third-order valence-corrected chi connectivity index (χ3v) is 1.17. The van der Waals surface area contributed by atoms with Crippen LogP contribution in [0.3, 0.4) is 0 Å². The molecule has 0 spiro atoms. The predicted molar refractivity (Wildman–Crippen MR) is 37.6 cm³/mol. The summed E-state index contributed by atoms with van der Waals surface area (Å²) in [6.45, 7) is 0. The topological polar surface area (TPSA) is 20.2 Å². The molecular formula is C7H7BO. The third kappa shape index (κ3) is 1.49. The van der Waals surface area contributed by atoms with Gasteiger partial charge in [0.25, 0.3) is 0 Å². The van der Waals surface area contributed by atoms with Gasteiger partial charge in [-0.1, -0.05) is 24.0 Å². The molecule has 1 aromatic carbocycles. The molecule has 0 saturated carbocycles. The van der Waals surface area contributed by atoms with Crippen molar-refractivity contribution in [2.24, 2.45) is 0 Å². The van der Waals surface area contributed by atoms with E-state index in [-0.39, 0.29) is 5.75 Å². The van der Waals surface area contributed by atoms with Gasteiger partial charge in [0.1, 0.15) is 5.75 Å². The van der Waals surface area contributed by atoms with E-state index in [1.54, 1.807) is 24.3 Å². The maximum Gasteiger partial charge on any atom is 0.115 e. The van der Waals surface area contributed by atoms with Crippen molar-refractivity contribution in [3.05, 3.63) is 29.8 Å². The molecule has 2 radical (unpaired) electrons. The van der Waals surface area contributed by atoms with Crippen molar-refractivity contribution in [1.82, 2.24) is 0 Å². The van der Waals surface area contributed by atoms with Gasteiger partial charge in [0.05, 0.1) is 7.85 Å². The van der Waals surface area contributed by atoms with E-state index in [4.69, 9.17) is 13.0 Å². The fourth-order valence-corrected chi connectivity index (χ4v) is 0.632. The summed E-state index contributed by atoms with van der Waals surface area (Å²) in [5.74, 6) is 0.284. The molecule has 9 heavy (non-hydrogen) atoms. The van der Waals surface area contributed by atoms with Gasteiger partial charge < -0.3 is 5.11 Å². The molecule has 44 valence electrons. The van der Waals surface area contributed by atoms with E-state index >= 15 is 0 Å². The number of phenols is 1. The van der Waals surface area contributed by atoms with E-state index < -0.39 is 0 Å². The van der Waals surface area contributed by atoms with Crippen LogP contribution in [0, 0.1) is 0 Å². The van der Waals surface area contributed by atoms with Crippen molar-refractivity contribution < 1.29 is 5.11 Å². The average Bonchev–Trinajstić information content (AvgIpc) is 1.90. The summed E-state index contributed by atoms with van der Waals surface area (Å²) >= 11 is 0. The first-order valence-electron chi connectivity index (χ1n) is 2.81. The van der Waals surface area contributed by atoms with Gasteiger partial charge in [-0.3, -0.25) is 0 Å². The maximum atomic E-state index is 8.81. The van der Waals surface area contributed by atoms with Crippen LogP contribution in [-0.2, 0) is 6.32 Å². The van der Waals surface area contributed by atoms with Gasteiger partial charge >= 0.3 is 0 Å². The van der Waals surface area contributed by atoms with Crippen molar-refractivity contribution in [2.75, 3.05) is 0 Å². The molecule has 0 unspecified atom stereocenters. The van der Waals surface area contributed by atoms with Crippen molar-refractivity contribution in [1.29, 1.82) is 0 Å². The summed E-state index contributed by atoms with van der Waals surface area (Å²) in [7, 11) is 5.32. The van der Waals surface area contributed by atoms with Crippen LogP contribution in [0.25, 0.3) is 0 Å². The fraction of sp³-hybridized carbons (Fsp3) is 0.143. The molecule has 0 aliphatic heterocycles. The van der Waals surface area contributed by atoms with Crippen LogP contribution in [0.5, 0.6) is 5.75 Å². The summed E-state index contributed by atoms with van der Waals surface area (Å²) in [4.78, 5) is 0. The molecule has 0 bridgehead atoms. The van der Waals surface area contributed by atoms with Gasteiger partial charge in [-0.25, -0.2) is 0 Å². The smallest absolute Gasteiger partial charge is 0.115 e. The van der Waals surface area contributed by atoms with Crippen molar-refractivity contribution in [3.8, 4) is 5.75 Å². The van der Waals surface area contributed by atoms with Crippen LogP contribution >= 0.6 is 0 Å². The number of benzene rings is 1. The second kappa shape index (κ2) is 2.58. The molecule has 0 heterocycles. The minimum Gasteiger partial charge on any atom is -0.508 e. The Kier molecular flexibility index (Phi) is 1.78. The number of hydrogen-bond acceptors (Lipinski definition) is 1. The van der Waals surface area contributed by atoms with Crippen LogP contribution in [0.1, 0.15) is 5.56 Å². The molecule has 1 N–H and O–H groups in total. The van der Waals surface area contributed by atoms with Crippen LogP contribution in [0.15, 0.2) is 24.3 Å². The van der Waals surface area contributed by atoms with E-state index in [9.17, 15) is 0 Å². The number of phenolic OH excluding ortho intramolecular Hbond substituents is 1. The Balaban J connectivity index is 2.88. The van der Waals surface area contributed by atoms with Gasteiger partial charge in [0.15, 0.2) is 0 Å². The van der Waals surface area contributed by atoms with E-state index in [0.29, 0.717) is 6.32 Å². The highest BCUT2D eigenvalue weighted by Gasteiger charge is 1.86. The van der Waals surface area contributed by atoms with E-state index in [0.717, 1.165) is 5.56 Å². The highest BCUT2D eigenvalue weighted by atomic mass is 16.3. The normalized spacial score (nSPS) is 9.33. The minimum absolute atomic E-state index is 0.284. The largest absolute Gasteiger partial charge is 0.508 e. The minimum atomic E-state index is 0.284. The molecule has 0 saturated heterocycles. The molecule has 0 amide bonds. The summed E-state index contributed by atoms with van der Waals surface area (Å²) in [6.07, 6.45) is 0.528. The van der Waals surface area contributed by atoms with E-state index in [1.807, 2.05) is 0 Å². The van der Waals surface area contributed by atoms with Gasteiger partial charge in [0.2, 0.25) is 0 Å². The Morgan fingerprint density at radius 2 is 1.78 bits per heavy atom. The van der Waals surface area contributed by atoms with Crippen LogP contribution in [0.2, 0.25) is 0 Å². The van der Waals surface area contributed by atoms with Gasteiger partial charge in [0, 0.05) is 0 Å². The average molecular weight is 118 g/mol. The Morgan fingerprint density at radius 3 is 2.22 bits per heavy atom. The lowest BCUT2D eigenvalue weighted by Gasteiger charge is -1.93. The van der Waals surface area contributed by atoms with Crippen molar-refractivity contribution in [2.45, 2.75) is 6.32 Å². The van der Waals surface area contributed by atoms with E-state index in [2.05, 4.69) is 0 Å². The molecule has 1 rings (SSSR count). The fourth-order valence-electron chi connectivity index (χ4n) is 0.632. The quantitative estimate of drug-likeness (QED) is 0.546. The second-order valence-corrected chi connectivity index (χ2v) is 1.87. The summed E-state index contributed by atoms with van der Waals surface area (Å²) in [6, 6.07) is 6.86. The molecule has 1 nitrogen and oxygen atoms in total. The molecule has 0 aliphatic rings. The molecule has 0 fully saturated rings. The molecular weight excluding hydrogens is 111 g/mol. The van der Waals surface area contributed by atoms with Crippen molar-refractivity contribution >= 4 is 7.85 Å². The number of hydrogen-bond donors (Lipinski definition) is 1. The number of rotatable bonds is 1. The lowest BCUT2D eigenvalue weighted by atomic mass is 9.97. The zero-order chi connectivity index (χ0) is 6.69. The zero-order valence-corrected chi connectivity index (χ0v) is 5.04. The first-order chi connectivity index (χ1) is 4.33. The third-order valence-electron chi connectivity index (χ3n) is 1.17. The van der Waals surface area contributed by atoms with E-state index in [1.165, 1.54) is 0 Å². The molecule has 0 aromatic heterocycles. The van der Waals surface area contributed by atoms with Crippen molar-refractivity contribution in [3.63, 3.8) is 0 Å². The Morgan fingerprint density at radius 1 is 1.22 bits per heavy atom. The monoisotopic (exact) mass is 118 g/mol.